The van der Waals surface area contributed by atoms with Crippen molar-refractivity contribution in [3.63, 3.8) is 0 Å². The minimum Gasteiger partial charge on any atom is -0.321 e. The first-order valence-corrected chi connectivity index (χ1v) is 9.04. The number of Topliss-reactive ketones (excluding diaryl/α,β-unsaturated/α-hetero) is 1. The van der Waals surface area contributed by atoms with E-state index in [0.29, 0.717) is 11.9 Å². The highest BCUT2D eigenvalue weighted by Crippen LogP contribution is 2.25. The molecule has 0 aliphatic rings. The summed E-state index contributed by atoms with van der Waals surface area (Å²) in [4.78, 5) is 16.4. The average Bonchev–Trinajstić information content (AvgIpc) is 3.07. The summed E-state index contributed by atoms with van der Waals surface area (Å²) in [6.45, 7) is 5.62. The summed E-state index contributed by atoms with van der Waals surface area (Å²) < 4.78 is 28.9. The lowest BCUT2D eigenvalue weighted by Gasteiger charge is -2.17. The number of imidazole rings is 1. The van der Waals surface area contributed by atoms with Gasteiger partial charge >= 0.3 is 0 Å². The number of hydrogen-bond donors (Lipinski definition) is 0. The lowest BCUT2D eigenvalue weighted by atomic mass is 9.84. The zero-order chi connectivity index (χ0) is 20.5. The van der Waals surface area contributed by atoms with Crippen molar-refractivity contribution in [1.82, 2.24) is 9.55 Å². The van der Waals surface area contributed by atoms with Crippen LogP contribution in [0.15, 0.2) is 36.7 Å². The fourth-order valence-corrected chi connectivity index (χ4v) is 3.19. The van der Waals surface area contributed by atoms with E-state index in [9.17, 15) is 18.8 Å². The van der Waals surface area contributed by atoms with Crippen molar-refractivity contribution in [1.29, 1.82) is 5.26 Å². The molecule has 0 atom stereocenters. The van der Waals surface area contributed by atoms with Gasteiger partial charge in [0.1, 0.15) is 5.52 Å². The Morgan fingerprint density at radius 2 is 2.00 bits per heavy atom. The lowest BCUT2D eigenvalue weighted by Crippen LogP contribution is -2.14. The monoisotopic (exact) mass is 381 g/mol. The molecule has 0 bridgehead atoms. The Morgan fingerprint density at radius 1 is 1.25 bits per heavy atom. The number of benzene rings is 2. The maximum Gasteiger partial charge on any atom is 0.184 e. The van der Waals surface area contributed by atoms with Gasteiger partial charge < -0.3 is 4.57 Å². The van der Waals surface area contributed by atoms with Crippen LogP contribution < -0.4 is 0 Å². The molecular weight excluding hydrogens is 360 g/mol. The second kappa shape index (κ2) is 7.51. The summed E-state index contributed by atoms with van der Waals surface area (Å²) in [5.74, 6) is -2.05. The highest BCUT2D eigenvalue weighted by molar-refractivity contribution is 5.82. The molecule has 0 fully saturated rings. The van der Waals surface area contributed by atoms with Crippen molar-refractivity contribution in [2.24, 2.45) is 0 Å². The summed E-state index contributed by atoms with van der Waals surface area (Å²) in [5.41, 5.74) is 2.74. The van der Waals surface area contributed by atoms with Gasteiger partial charge in [-0.15, -0.1) is 0 Å². The highest BCUT2D eigenvalue weighted by atomic mass is 19.2. The first-order chi connectivity index (χ1) is 13.2. The fourth-order valence-electron chi connectivity index (χ4n) is 3.19. The van der Waals surface area contributed by atoms with Crippen molar-refractivity contribution in [2.45, 2.75) is 45.6 Å². The molecule has 3 aromatic rings. The van der Waals surface area contributed by atoms with Crippen molar-refractivity contribution < 1.29 is 13.6 Å². The molecule has 0 saturated heterocycles. The van der Waals surface area contributed by atoms with Gasteiger partial charge in [-0.1, -0.05) is 18.2 Å². The Balaban J connectivity index is 1.70. The average molecular weight is 381 g/mol. The molecule has 144 valence electrons. The van der Waals surface area contributed by atoms with Crippen LogP contribution in [0.4, 0.5) is 8.78 Å². The number of ketones is 1. The lowest BCUT2D eigenvalue weighted by molar-refractivity contribution is -0.119. The van der Waals surface area contributed by atoms with E-state index in [1.807, 2.05) is 39.0 Å². The van der Waals surface area contributed by atoms with Gasteiger partial charge in [-0.2, -0.15) is 5.26 Å². The Hall–Kier alpha value is -3.07. The van der Waals surface area contributed by atoms with E-state index in [0.717, 1.165) is 22.8 Å². The third kappa shape index (κ3) is 3.79. The zero-order valence-corrected chi connectivity index (χ0v) is 16.1. The van der Waals surface area contributed by atoms with Gasteiger partial charge in [-0.05, 0) is 56.0 Å². The number of nitriles is 1. The molecule has 2 aromatic carbocycles. The second-order valence-corrected chi connectivity index (χ2v) is 7.52. The number of aryl methyl sites for hydroxylation is 2. The zero-order valence-electron chi connectivity index (χ0n) is 16.1. The molecule has 0 unspecified atom stereocenters. The Morgan fingerprint density at radius 3 is 2.68 bits per heavy atom. The van der Waals surface area contributed by atoms with E-state index in [4.69, 9.17) is 0 Å². The van der Waals surface area contributed by atoms with Gasteiger partial charge in [-0.25, -0.2) is 13.8 Å². The number of hydrogen-bond acceptors (Lipinski definition) is 3. The molecule has 6 heteroatoms. The van der Waals surface area contributed by atoms with Crippen molar-refractivity contribution in [2.75, 3.05) is 0 Å². The third-order valence-electron chi connectivity index (χ3n) is 5.03. The Kier molecular flexibility index (Phi) is 5.28. The molecule has 0 amide bonds. The topological polar surface area (TPSA) is 58.7 Å². The van der Waals surface area contributed by atoms with Crippen LogP contribution in [0.1, 0.15) is 37.0 Å². The standard InChI is InChI=1S/C22H21F2N3O/c1-14-10-16(22(2,3)12-25)6-4-15(14)5-7-17(28)11-27-13-26-19-9-8-18(23)20(24)21(19)27/h4,6,8-10,13H,5,7,11H2,1-3H3. The van der Waals surface area contributed by atoms with E-state index >= 15 is 0 Å². The maximum atomic E-state index is 14.0. The molecular formula is C22H21F2N3O. The second-order valence-electron chi connectivity index (χ2n) is 7.52. The molecule has 1 heterocycles. The molecule has 0 spiro atoms. The van der Waals surface area contributed by atoms with Crippen LogP contribution in [-0.2, 0) is 23.2 Å². The molecule has 0 aliphatic carbocycles. The molecule has 0 N–H and O–H groups in total. The van der Waals surface area contributed by atoms with E-state index in [1.54, 1.807) is 0 Å². The van der Waals surface area contributed by atoms with Crippen LogP contribution in [-0.4, -0.2) is 15.3 Å². The van der Waals surface area contributed by atoms with Crippen molar-refractivity contribution in [3.05, 3.63) is 65.0 Å². The van der Waals surface area contributed by atoms with Gasteiger partial charge in [0, 0.05) is 6.42 Å². The maximum absolute atomic E-state index is 14.0. The Labute approximate surface area is 162 Å². The number of carbonyl (C=O) groups is 1. The summed E-state index contributed by atoms with van der Waals surface area (Å²) in [5, 5.41) is 9.27. The van der Waals surface area contributed by atoms with Gasteiger partial charge in [0.05, 0.1) is 29.9 Å². The number of rotatable bonds is 6. The molecule has 0 radical (unpaired) electrons. The number of halogens is 2. The van der Waals surface area contributed by atoms with Gasteiger partial charge in [0.15, 0.2) is 17.4 Å². The molecule has 0 saturated carbocycles. The molecule has 1 aromatic heterocycles. The van der Waals surface area contributed by atoms with Crippen LogP contribution in [0.5, 0.6) is 0 Å². The summed E-state index contributed by atoms with van der Waals surface area (Å²) in [7, 11) is 0. The van der Waals surface area contributed by atoms with Crippen molar-refractivity contribution in [3.8, 4) is 6.07 Å². The first kappa shape index (κ1) is 19.7. The van der Waals surface area contributed by atoms with E-state index in [1.165, 1.54) is 17.0 Å². The van der Waals surface area contributed by atoms with Crippen LogP contribution >= 0.6 is 0 Å². The van der Waals surface area contributed by atoms with Crippen LogP contribution in [0.2, 0.25) is 0 Å². The largest absolute Gasteiger partial charge is 0.321 e. The van der Waals surface area contributed by atoms with Gasteiger partial charge in [-0.3, -0.25) is 4.79 Å². The minimum absolute atomic E-state index is 0.00705. The predicted octanol–water partition coefficient (Wildman–Crippen LogP) is 4.63. The molecule has 28 heavy (non-hydrogen) atoms. The van der Waals surface area contributed by atoms with Crippen LogP contribution in [0.3, 0.4) is 0 Å². The fraction of sp³-hybridized carbons (Fsp3) is 0.318. The summed E-state index contributed by atoms with van der Waals surface area (Å²) in [6, 6.07) is 10.5. The van der Waals surface area contributed by atoms with Gasteiger partial charge in [0.25, 0.3) is 0 Å². The summed E-state index contributed by atoms with van der Waals surface area (Å²) in [6.07, 6.45) is 2.18. The van der Waals surface area contributed by atoms with Crippen LogP contribution in [0, 0.1) is 29.9 Å². The Bertz CT molecular complexity index is 1090. The molecule has 0 aliphatic heterocycles. The van der Waals surface area contributed by atoms with Gasteiger partial charge in [0.2, 0.25) is 0 Å². The summed E-state index contributed by atoms with van der Waals surface area (Å²) >= 11 is 0. The van der Waals surface area contributed by atoms with Crippen LogP contribution in [0.25, 0.3) is 11.0 Å². The van der Waals surface area contributed by atoms with Crippen molar-refractivity contribution >= 4 is 16.8 Å². The number of aromatic nitrogens is 2. The first-order valence-electron chi connectivity index (χ1n) is 9.04. The number of nitrogens with zero attached hydrogens (tertiary/aromatic N) is 3. The normalized spacial score (nSPS) is 11.6. The highest BCUT2D eigenvalue weighted by Gasteiger charge is 2.20. The predicted molar refractivity (Wildman–Crippen MR) is 103 cm³/mol. The third-order valence-corrected chi connectivity index (χ3v) is 5.03. The number of fused-ring (bicyclic) bond motifs is 1. The van der Waals surface area contributed by atoms with E-state index < -0.39 is 17.0 Å². The number of carbonyl (C=O) groups excluding carboxylic acids is 1. The SMILES string of the molecule is Cc1cc(C(C)(C)C#N)ccc1CCC(=O)Cn1cnc2ccc(F)c(F)c21. The smallest absolute Gasteiger partial charge is 0.184 e. The van der Waals surface area contributed by atoms with E-state index in [-0.39, 0.29) is 24.3 Å². The molecule has 3 rings (SSSR count). The molecule has 4 nitrogen and oxygen atoms in total. The minimum atomic E-state index is -0.991. The van der Waals surface area contributed by atoms with E-state index in [2.05, 4.69) is 11.1 Å². The quantitative estimate of drug-likeness (QED) is 0.626.